The molecule has 0 unspecified atom stereocenters. The van der Waals surface area contributed by atoms with E-state index in [2.05, 4.69) is 19.9 Å². The summed E-state index contributed by atoms with van der Waals surface area (Å²) >= 11 is 1.46. The van der Waals surface area contributed by atoms with E-state index in [-0.39, 0.29) is 11.3 Å². The average molecular weight is 301 g/mol. The van der Waals surface area contributed by atoms with Gasteiger partial charge in [0.2, 0.25) is 5.95 Å². The number of thiazole rings is 1. The van der Waals surface area contributed by atoms with Gasteiger partial charge in [0, 0.05) is 49.4 Å². The Morgan fingerprint density at radius 3 is 2.71 bits per heavy atom. The summed E-state index contributed by atoms with van der Waals surface area (Å²) in [5.74, 6) is 0.843. The van der Waals surface area contributed by atoms with Crippen LogP contribution in [0.5, 0.6) is 0 Å². The second-order valence-electron chi connectivity index (χ2n) is 5.76. The van der Waals surface area contributed by atoms with Crippen molar-refractivity contribution >= 4 is 23.2 Å². The van der Waals surface area contributed by atoms with Crippen LogP contribution >= 0.6 is 11.3 Å². The summed E-state index contributed by atoms with van der Waals surface area (Å²) in [6.45, 7) is 3.49. The zero-order valence-electron chi connectivity index (χ0n) is 11.5. The van der Waals surface area contributed by atoms with E-state index < -0.39 is 0 Å². The number of aromatic nitrogens is 3. The summed E-state index contributed by atoms with van der Waals surface area (Å²) in [4.78, 5) is 29.1. The smallest absolute Gasteiger partial charge is 0.273 e. The summed E-state index contributed by atoms with van der Waals surface area (Å²) in [7, 11) is 0. The summed E-state index contributed by atoms with van der Waals surface area (Å²) in [5, 5.41) is 1.82. The van der Waals surface area contributed by atoms with Crippen LogP contribution in [0.15, 0.2) is 29.4 Å². The number of likely N-dealkylation sites (tertiary alicyclic amines) is 1. The number of carbonyl (C=O) groups is 1. The molecule has 4 rings (SSSR count). The number of nitrogens with zero attached hydrogens (tertiary/aromatic N) is 5. The molecule has 2 aromatic heterocycles. The Balaban J connectivity index is 1.41. The zero-order valence-corrected chi connectivity index (χ0v) is 12.3. The molecule has 0 radical (unpaired) electrons. The van der Waals surface area contributed by atoms with Gasteiger partial charge in [-0.1, -0.05) is 0 Å². The minimum atomic E-state index is 0.0579. The molecule has 2 aliphatic rings. The molecule has 1 spiro atoms. The van der Waals surface area contributed by atoms with E-state index >= 15 is 0 Å². The van der Waals surface area contributed by atoms with Gasteiger partial charge in [0.05, 0.1) is 5.51 Å². The number of hydrogen-bond donors (Lipinski definition) is 0. The topological polar surface area (TPSA) is 62.2 Å². The van der Waals surface area contributed by atoms with Crippen molar-refractivity contribution in [3.63, 3.8) is 0 Å². The van der Waals surface area contributed by atoms with Crippen molar-refractivity contribution in [2.24, 2.45) is 5.41 Å². The minimum absolute atomic E-state index is 0.0579. The van der Waals surface area contributed by atoms with Crippen LogP contribution in [0.25, 0.3) is 0 Å². The van der Waals surface area contributed by atoms with E-state index in [1.807, 2.05) is 16.3 Å². The highest BCUT2D eigenvalue weighted by Crippen LogP contribution is 2.41. The highest BCUT2D eigenvalue weighted by Gasteiger charge is 2.49. The van der Waals surface area contributed by atoms with Crippen LogP contribution < -0.4 is 4.90 Å². The molecule has 2 saturated heterocycles. The van der Waals surface area contributed by atoms with Crippen molar-refractivity contribution in [1.29, 1.82) is 0 Å². The van der Waals surface area contributed by atoms with E-state index in [4.69, 9.17) is 0 Å². The molecule has 0 aromatic carbocycles. The highest BCUT2D eigenvalue weighted by molar-refractivity contribution is 7.07. The molecule has 7 heteroatoms. The third kappa shape index (κ3) is 2.17. The maximum Gasteiger partial charge on any atom is 0.273 e. The monoisotopic (exact) mass is 301 g/mol. The third-order valence-electron chi connectivity index (χ3n) is 4.26. The molecular formula is C14H15N5OS. The van der Waals surface area contributed by atoms with Crippen LogP contribution in [0.2, 0.25) is 0 Å². The van der Waals surface area contributed by atoms with Crippen LogP contribution in [0.4, 0.5) is 5.95 Å². The van der Waals surface area contributed by atoms with Crippen molar-refractivity contribution in [3.05, 3.63) is 35.0 Å². The van der Waals surface area contributed by atoms with Crippen LogP contribution in [0.3, 0.4) is 0 Å². The molecular weight excluding hydrogens is 286 g/mol. The van der Waals surface area contributed by atoms with E-state index in [1.165, 1.54) is 11.3 Å². The van der Waals surface area contributed by atoms with Crippen LogP contribution in [0, 0.1) is 5.41 Å². The summed E-state index contributed by atoms with van der Waals surface area (Å²) < 4.78 is 0. The van der Waals surface area contributed by atoms with Crippen LogP contribution in [-0.2, 0) is 0 Å². The summed E-state index contributed by atoms with van der Waals surface area (Å²) in [6.07, 6.45) is 4.58. The number of anilines is 1. The van der Waals surface area contributed by atoms with E-state index in [9.17, 15) is 4.79 Å². The fraction of sp³-hybridized carbons (Fsp3) is 0.429. The SMILES string of the molecule is O=C(c1cscn1)N1CCC2(C1)CN(c1ncccn1)C2. The summed E-state index contributed by atoms with van der Waals surface area (Å²) in [5.41, 5.74) is 2.49. The lowest BCUT2D eigenvalue weighted by atomic mass is 9.79. The van der Waals surface area contributed by atoms with Gasteiger partial charge in [-0.25, -0.2) is 15.0 Å². The van der Waals surface area contributed by atoms with Crippen molar-refractivity contribution in [2.75, 3.05) is 31.1 Å². The second-order valence-corrected chi connectivity index (χ2v) is 6.47. The lowest BCUT2D eigenvalue weighted by molar-refractivity contribution is 0.0757. The fourth-order valence-electron chi connectivity index (χ4n) is 3.21. The Labute approximate surface area is 126 Å². The quantitative estimate of drug-likeness (QED) is 0.836. The second kappa shape index (κ2) is 4.77. The number of rotatable bonds is 2. The largest absolute Gasteiger partial charge is 0.339 e. The standard InChI is InChI=1S/C14H15N5OS/c20-12(11-6-21-10-17-11)18-5-2-14(7-18)8-19(9-14)13-15-3-1-4-16-13/h1,3-4,6,10H,2,5,7-9H2. The molecule has 0 atom stereocenters. The van der Waals surface area contributed by atoms with Gasteiger partial charge in [-0.3, -0.25) is 4.79 Å². The molecule has 0 saturated carbocycles. The summed E-state index contributed by atoms with van der Waals surface area (Å²) in [6, 6.07) is 1.82. The molecule has 2 aliphatic heterocycles. The predicted octanol–water partition coefficient (Wildman–Crippen LogP) is 1.29. The zero-order chi connectivity index (χ0) is 14.3. The Kier molecular flexibility index (Phi) is 2.88. The van der Waals surface area contributed by atoms with Gasteiger partial charge in [-0.05, 0) is 12.5 Å². The first-order valence-electron chi connectivity index (χ1n) is 6.95. The average Bonchev–Trinajstić information content (AvgIpc) is 3.15. The Morgan fingerprint density at radius 1 is 1.19 bits per heavy atom. The maximum absolute atomic E-state index is 12.3. The molecule has 1 amide bonds. The fourth-order valence-corrected chi connectivity index (χ4v) is 3.73. The molecule has 0 N–H and O–H groups in total. The van der Waals surface area contributed by atoms with E-state index in [0.717, 1.165) is 38.5 Å². The molecule has 4 heterocycles. The first-order chi connectivity index (χ1) is 10.3. The Hall–Kier alpha value is -2.02. The van der Waals surface area contributed by atoms with Crippen molar-refractivity contribution in [2.45, 2.75) is 6.42 Å². The molecule has 2 aromatic rings. The van der Waals surface area contributed by atoms with Crippen LogP contribution in [0.1, 0.15) is 16.9 Å². The predicted molar refractivity (Wildman–Crippen MR) is 79.3 cm³/mol. The van der Waals surface area contributed by atoms with Crippen molar-refractivity contribution < 1.29 is 4.79 Å². The Morgan fingerprint density at radius 2 is 2.00 bits per heavy atom. The molecule has 2 fully saturated rings. The van der Waals surface area contributed by atoms with Gasteiger partial charge in [0.25, 0.3) is 5.91 Å². The number of amides is 1. The van der Waals surface area contributed by atoms with Gasteiger partial charge in [0.15, 0.2) is 0 Å². The first-order valence-corrected chi connectivity index (χ1v) is 7.90. The minimum Gasteiger partial charge on any atom is -0.339 e. The van der Waals surface area contributed by atoms with Gasteiger partial charge in [0.1, 0.15) is 5.69 Å². The third-order valence-corrected chi connectivity index (χ3v) is 4.85. The van der Waals surface area contributed by atoms with Crippen LogP contribution in [-0.4, -0.2) is 51.9 Å². The number of carbonyl (C=O) groups excluding carboxylic acids is 1. The molecule has 21 heavy (non-hydrogen) atoms. The molecule has 6 nitrogen and oxygen atoms in total. The normalized spacial score (nSPS) is 19.8. The Bertz CT molecular complexity index is 639. The molecule has 0 bridgehead atoms. The first kappa shape index (κ1) is 12.7. The number of hydrogen-bond acceptors (Lipinski definition) is 6. The van der Waals surface area contributed by atoms with Gasteiger partial charge in [-0.2, -0.15) is 0 Å². The van der Waals surface area contributed by atoms with E-state index in [1.54, 1.807) is 17.9 Å². The van der Waals surface area contributed by atoms with Gasteiger partial charge in [-0.15, -0.1) is 11.3 Å². The lowest BCUT2D eigenvalue weighted by Crippen LogP contribution is -2.58. The highest BCUT2D eigenvalue weighted by atomic mass is 32.1. The maximum atomic E-state index is 12.3. The van der Waals surface area contributed by atoms with E-state index in [0.29, 0.717) is 5.69 Å². The lowest BCUT2D eigenvalue weighted by Gasteiger charge is -2.47. The van der Waals surface area contributed by atoms with Gasteiger partial charge < -0.3 is 9.80 Å². The van der Waals surface area contributed by atoms with Crippen molar-refractivity contribution in [3.8, 4) is 0 Å². The molecule has 0 aliphatic carbocycles. The molecule has 108 valence electrons. The van der Waals surface area contributed by atoms with Gasteiger partial charge >= 0.3 is 0 Å². The van der Waals surface area contributed by atoms with Crippen molar-refractivity contribution in [1.82, 2.24) is 19.9 Å².